The van der Waals surface area contributed by atoms with Gasteiger partial charge in [-0.2, -0.15) is 5.26 Å². The summed E-state index contributed by atoms with van der Waals surface area (Å²) in [7, 11) is 0. The number of nitrogens with zero attached hydrogens (tertiary/aromatic N) is 5. The third kappa shape index (κ3) is 5.01. The zero-order valence-corrected chi connectivity index (χ0v) is 26.0. The van der Waals surface area contributed by atoms with Crippen LogP contribution in [0.4, 0.5) is 27.6 Å². The Morgan fingerprint density at radius 1 is 0.549 bits per heavy atom. The molecule has 0 radical (unpaired) electrons. The molecule has 0 spiro atoms. The van der Waals surface area contributed by atoms with Gasteiger partial charge in [-0.25, -0.2) is 41.7 Å². The maximum atomic E-state index is 15.8. The average molecular weight is 676 g/mol. The number of pyridine rings is 1. The predicted octanol–water partition coefficient (Wildman–Crippen LogP) is 11.1. The molecule has 0 atom stereocenters. The molecule has 10 heteroatoms. The van der Waals surface area contributed by atoms with E-state index < -0.39 is 40.2 Å². The van der Waals surface area contributed by atoms with E-state index in [2.05, 4.69) is 10.9 Å². The number of benzene rings is 6. The molecule has 2 heterocycles. The molecule has 0 bridgehead atoms. The quantitative estimate of drug-likeness (QED) is 0.0612. The molecule has 0 aliphatic heterocycles. The standard InChI is InChI=1S/C41H18F5N5/c1-48-25-17-15-24(16-18-25)38-39(23-13-11-21(20-47)12-14-23)51-41-30-26-9-5-6-10-29(26)49-37(22-7-3-2-4-8-22)27(30)19-28(40(41)50-38)31-32(42)34(44)36(46)35(45)33(31)43/h2-19H. The highest BCUT2D eigenvalue weighted by molar-refractivity contribution is 6.24. The number of rotatable bonds is 4. The lowest BCUT2D eigenvalue weighted by molar-refractivity contribution is 0.381. The Morgan fingerprint density at radius 2 is 1.10 bits per heavy atom. The number of hydrogen-bond donors (Lipinski definition) is 0. The number of para-hydroxylation sites is 1. The van der Waals surface area contributed by atoms with Gasteiger partial charge < -0.3 is 0 Å². The topological polar surface area (TPSA) is 66.8 Å². The van der Waals surface area contributed by atoms with Crippen molar-refractivity contribution in [1.82, 2.24) is 15.0 Å². The monoisotopic (exact) mass is 675 g/mol. The van der Waals surface area contributed by atoms with Gasteiger partial charge >= 0.3 is 0 Å². The molecule has 8 rings (SSSR count). The first-order chi connectivity index (χ1) is 24.8. The van der Waals surface area contributed by atoms with Crippen LogP contribution in [0.1, 0.15) is 5.56 Å². The van der Waals surface area contributed by atoms with Crippen LogP contribution < -0.4 is 0 Å². The van der Waals surface area contributed by atoms with E-state index in [0.29, 0.717) is 61.0 Å². The van der Waals surface area contributed by atoms with Crippen molar-refractivity contribution >= 4 is 38.4 Å². The van der Waals surface area contributed by atoms with Crippen molar-refractivity contribution in [2.75, 3.05) is 0 Å². The molecular weight excluding hydrogens is 657 g/mol. The maximum absolute atomic E-state index is 15.8. The normalized spacial score (nSPS) is 11.2. The highest BCUT2D eigenvalue weighted by Crippen LogP contribution is 2.44. The van der Waals surface area contributed by atoms with Gasteiger partial charge in [-0.15, -0.1) is 0 Å². The molecule has 51 heavy (non-hydrogen) atoms. The van der Waals surface area contributed by atoms with E-state index in [1.807, 2.05) is 6.07 Å². The van der Waals surface area contributed by atoms with Gasteiger partial charge in [-0.3, -0.25) is 0 Å². The van der Waals surface area contributed by atoms with E-state index in [-0.39, 0.29) is 16.7 Å². The number of aromatic nitrogens is 3. The van der Waals surface area contributed by atoms with Crippen LogP contribution in [0.2, 0.25) is 0 Å². The molecule has 242 valence electrons. The van der Waals surface area contributed by atoms with Crippen LogP contribution >= 0.6 is 0 Å². The average Bonchev–Trinajstić information content (AvgIpc) is 3.18. The summed E-state index contributed by atoms with van der Waals surface area (Å²) in [6.45, 7) is 7.38. The van der Waals surface area contributed by atoms with E-state index in [1.165, 1.54) is 6.07 Å². The molecule has 0 saturated carbocycles. The van der Waals surface area contributed by atoms with Crippen molar-refractivity contribution in [3.63, 3.8) is 0 Å². The van der Waals surface area contributed by atoms with Crippen molar-refractivity contribution in [3.05, 3.63) is 155 Å². The fraction of sp³-hybridized carbons (Fsp3) is 0. The Kier molecular flexibility index (Phi) is 7.43. The van der Waals surface area contributed by atoms with Crippen molar-refractivity contribution < 1.29 is 22.0 Å². The Labute approximate surface area is 286 Å². The van der Waals surface area contributed by atoms with Crippen LogP contribution in [-0.4, -0.2) is 15.0 Å². The molecule has 0 aliphatic carbocycles. The Morgan fingerprint density at radius 3 is 1.73 bits per heavy atom. The van der Waals surface area contributed by atoms with Crippen molar-refractivity contribution in [2.45, 2.75) is 0 Å². The fourth-order valence-corrected chi connectivity index (χ4v) is 6.28. The SMILES string of the molecule is [C-]#[N+]c1ccc(-c2nc3c(-c4c(F)c(F)c(F)c(F)c4F)cc4c(-c5ccccc5)nc5ccccc5c4c3nc2-c2ccc(C#N)cc2)cc1. The summed E-state index contributed by atoms with van der Waals surface area (Å²) < 4.78 is 75.7. The lowest BCUT2D eigenvalue weighted by atomic mass is 9.92. The minimum absolute atomic E-state index is 0.114. The Balaban J connectivity index is 1.63. The predicted molar refractivity (Wildman–Crippen MR) is 185 cm³/mol. The number of nitriles is 1. The summed E-state index contributed by atoms with van der Waals surface area (Å²) in [6.07, 6.45) is 0. The van der Waals surface area contributed by atoms with Gasteiger partial charge in [-0.1, -0.05) is 84.9 Å². The minimum Gasteiger partial charge on any atom is -0.247 e. The molecule has 0 unspecified atom stereocenters. The van der Waals surface area contributed by atoms with Gasteiger partial charge in [0.25, 0.3) is 0 Å². The molecule has 6 aromatic carbocycles. The number of halogens is 5. The highest BCUT2D eigenvalue weighted by atomic mass is 19.2. The summed E-state index contributed by atoms with van der Waals surface area (Å²) >= 11 is 0. The summed E-state index contributed by atoms with van der Waals surface area (Å²) in [5.41, 5.74) is 2.23. The first-order valence-electron chi connectivity index (χ1n) is 15.4. The van der Waals surface area contributed by atoms with Crippen LogP contribution in [0.5, 0.6) is 0 Å². The van der Waals surface area contributed by atoms with Crippen LogP contribution in [0, 0.1) is 47.0 Å². The molecule has 0 saturated heterocycles. The van der Waals surface area contributed by atoms with Crippen LogP contribution in [0.3, 0.4) is 0 Å². The van der Waals surface area contributed by atoms with E-state index in [4.69, 9.17) is 21.5 Å². The van der Waals surface area contributed by atoms with Crippen molar-refractivity contribution in [2.24, 2.45) is 0 Å². The van der Waals surface area contributed by atoms with Gasteiger partial charge in [0.15, 0.2) is 29.0 Å². The van der Waals surface area contributed by atoms with Crippen molar-refractivity contribution in [3.8, 4) is 51.0 Å². The zero-order valence-electron chi connectivity index (χ0n) is 26.0. The summed E-state index contributed by atoms with van der Waals surface area (Å²) in [5, 5.41) is 10.9. The third-order valence-electron chi connectivity index (χ3n) is 8.69. The molecule has 5 nitrogen and oxygen atoms in total. The number of fused-ring (bicyclic) bond motifs is 5. The fourth-order valence-electron chi connectivity index (χ4n) is 6.28. The molecule has 0 aliphatic rings. The highest BCUT2D eigenvalue weighted by Gasteiger charge is 2.30. The van der Waals surface area contributed by atoms with Crippen molar-refractivity contribution in [1.29, 1.82) is 5.26 Å². The maximum Gasteiger partial charge on any atom is 0.200 e. The van der Waals surface area contributed by atoms with Gasteiger partial charge in [0.1, 0.15) is 0 Å². The second kappa shape index (κ2) is 12.1. The van der Waals surface area contributed by atoms with Crippen LogP contribution in [0.25, 0.3) is 82.5 Å². The van der Waals surface area contributed by atoms with Gasteiger partial charge in [-0.05, 0) is 29.8 Å². The summed E-state index contributed by atoms with van der Waals surface area (Å²) in [4.78, 5) is 18.4. The Bertz CT molecular complexity index is 2780. The minimum atomic E-state index is -2.29. The zero-order chi connectivity index (χ0) is 35.4. The second-order valence-electron chi connectivity index (χ2n) is 11.6. The van der Waals surface area contributed by atoms with E-state index >= 15 is 8.78 Å². The van der Waals surface area contributed by atoms with E-state index in [0.717, 1.165) is 0 Å². The van der Waals surface area contributed by atoms with Crippen LogP contribution in [0.15, 0.2) is 109 Å². The lowest BCUT2D eigenvalue weighted by Crippen LogP contribution is -2.06. The van der Waals surface area contributed by atoms with E-state index in [1.54, 1.807) is 97.1 Å². The Hall–Kier alpha value is -7.04. The van der Waals surface area contributed by atoms with Gasteiger partial charge in [0.05, 0.1) is 57.4 Å². The summed E-state index contributed by atoms with van der Waals surface area (Å²) in [5.74, 6) is -10.5. The largest absolute Gasteiger partial charge is 0.247 e. The molecule has 0 fully saturated rings. The van der Waals surface area contributed by atoms with Gasteiger partial charge in [0, 0.05) is 32.8 Å². The third-order valence-corrected chi connectivity index (χ3v) is 8.69. The molecule has 8 aromatic rings. The molecule has 0 amide bonds. The summed E-state index contributed by atoms with van der Waals surface area (Å²) in [6, 6.07) is 32.5. The molecular formula is C41H18F5N5. The van der Waals surface area contributed by atoms with Crippen LogP contribution in [-0.2, 0) is 0 Å². The smallest absolute Gasteiger partial charge is 0.200 e. The molecule has 2 aromatic heterocycles. The first kappa shape index (κ1) is 31.2. The van der Waals surface area contributed by atoms with Gasteiger partial charge in [0.2, 0.25) is 5.82 Å². The first-order valence-corrected chi connectivity index (χ1v) is 15.4. The van der Waals surface area contributed by atoms with E-state index in [9.17, 15) is 18.4 Å². The molecule has 0 N–H and O–H groups in total. The lowest BCUT2D eigenvalue weighted by Gasteiger charge is -2.18. The second-order valence-corrected chi connectivity index (χ2v) is 11.6. The number of hydrogen-bond acceptors (Lipinski definition) is 4.